The maximum absolute atomic E-state index is 5.68. The Kier molecular flexibility index (Phi) is 4.95. The van der Waals surface area contributed by atoms with Gasteiger partial charge in [-0.1, -0.05) is 26.3 Å². The van der Waals surface area contributed by atoms with E-state index in [9.17, 15) is 0 Å². The maximum Gasteiger partial charge on any atom is 0.0309 e. The largest absolute Gasteiger partial charge is 0.316 e. The van der Waals surface area contributed by atoms with Gasteiger partial charge in [-0.05, 0) is 19.8 Å². The standard InChI is InChI=1S/C9H20N2/c1-5-8(3)7-9(4)11(10)6-2/h7-8H,5-6,10H2,1-4H3/b9-7-. The molecule has 0 aromatic heterocycles. The molecule has 0 fully saturated rings. The molecule has 0 saturated carbocycles. The first-order valence-electron chi connectivity index (χ1n) is 4.32. The Hall–Kier alpha value is -0.500. The van der Waals surface area contributed by atoms with E-state index in [1.165, 1.54) is 12.1 Å². The summed E-state index contributed by atoms with van der Waals surface area (Å²) in [7, 11) is 0. The molecule has 0 spiro atoms. The zero-order chi connectivity index (χ0) is 8.85. The van der Waals surface area contributed by atoms with Crippen LogP contribution in [0.5, 0.6) is 0 Å². The van der Waals surface area contributed by atoms with Crippen molar-refractivity contribution in [3.63, 3.8) is 0 Å². The van der Waals surface area contributed by atoms with Crippen LogP contribution in [-0.4, -0.2) is 11.6 Å². The molecule has 1 unspecified atom stereocenters. The first-order chi connectivity index (χ1) is 5.11. The molecule has 2 N–H and O–H groups in total. The van der Waals surface area contributed by atoms with Crippen LogP contribution in [0.3, 0.4) is 0 Å². The highest BCUT2D eigenvalue weighted by Gasteiger charge is 1.98. The number of rotatable bonds is 4. The number of hydrogen-bond donors (Lipinski definition) is 1. The quantitative estimate of drug-likeness (QED) is 0.499. The lowest BCUT2D eigenvalue weighted by Crippen LogP contribution is -2.28. The fraction of sp³-hybridized carbons (Fsp3) is 0.778. The smallest absolute Gasteiger partial charge is 0.0309 e. The minimum Gasteiger partial charge on any atom is -0.316 e. The van der Waals surface area contributed by atoms with Crippen LogP contribution < -0.4 is 5.84 Å². The third kappa shape index (κ3) is 4.04. The lowest BCUT2D eigenvalue weighted by atomic mass is 10.1. The van der Waals surface area contributed by atoms with Gasteiger partial charge in [0.05, 0.1) is 0 Å². The summed E-state index contributed by atoms with van der Waals surface area (Å²) in [5.41, 5.74) is 1.17. The summed E-state index contributed by atoms with van der Waals surface area (Å²) >= 11 is 0. The zero-order valence-corrected chi connectivity index (χ0v) is 8.09. The molecular formula is C9H20N2. The second-order valence-electron chi connectivity index (χ2n) is 2.98. The topological polar surface area (TPSA) is 29.3 Å². The molecule has 1 atom stereocenters. The second kappa shape index (κ2) is 5.19. The minimum absolute atomic E-state index is 0.632. The number of hydrogen-bond acceptors (Lipinski definition) is 2. The molecule has 0 radical (unpaired) electrons. The van der Waals surface area contributed by atoms with Crippen molar-refractivity contribution in [2.45, 2.75) is 34.1 Å². The van der Waals surface area contributed by atoms with Gasteiger partial charge in [0.25, 0.3) is 0 Å². The fourth-order valence-electron chi connectivity index (χ4n) is 0.875. The lowest BCUT2D eigenvalue weighted by Gasteiger charge is -2.17. The maximum atomic E-state index is 5.68. The molecule has 0 amide bonds. The van der Waals surface area contributed by atoms with E-state index in [1.807, 2.05) is 6.92 Å². The summed E-state index contributed by atoms with van der Waals surface area (Å²) in [5.74, 6) is 6.32. The van der Waals surface area contributed by atoms with Gasteiger partial charge in [0.1, 0.15) is 0 Å². The zero-order valence-electron chi connectivity index (χ0n) is 8.09. The summed E-state index contributed by atoms with van der Waals surface area (Å²) in [6, 6.07) is 0. The van der Waals surface area contributed by atoms with Gasteiger partial charge >= 0.3 is 0 Å². The van der Waals surface area contributed by atoms with Crippen molar-refractivity contribution < 1.29 is 0 Å². The molecule has 2 heteroatoms. The summed E-state index contributed by atoms with van der Waals surface area (Å²) in [6.45, 7) is 9.36. The van der Waals surface area contributed by atoms with Gasteiger partial charge in [-0.15, -0.1) is 0 Å². The van der Waals surface area contributed by atoms with Gasteiger partial charge in [0.15, 0.2) is 0 Å². The van der Waals surface area contributed by atoms with Gasteiger partial charge < -0.3 is 5.01 Å². The summed E-state index contributed by atoms with van der Waals surface area (Å²) in [6.07, 6.45) is 3.39. The molecule has 2 nitrogen and oxygen atoms in total. The van der Waals surface area contributed by atoms with E-state index < -0.39 is 0 Å². The molecule has 0 aromatic carbocycles. The molecule has 0 aromatic rings. The Balaban J connectivity index is 3.98. The van der Waals surface area contributed by atoms with Crippen LogP contribution in [0, 0.1) is 5.92 Å². The molecule has 0 heterocycles. The highest BCUT2D eigenvalue weighted by atomic mass is 15.4. The molecule has 0 aliphatic rings. The molecule has 11 heavy (non-hydrogen) atoms. The van der Waals surface area contributed by atoms with Crippen LogP contribution in [0.1, 0.15) is 34.1 Å². The molecule has 0 aliphatic carbocycles. The third-order valence-corrected chi connectivity index (χ3v) is 1.96. The molecule has 0 rings (SSSR count). The van der Waals surface area contributed by atoms with E-state index in [1.54, 1.807) is 5.01 Å². The Morgan fingerprint density at radius 2 is 2.09 bits per heavy atom. The fourth-order valence-corrected chi connectivity index (χ4v) is 0.875. The van der Waals surface area contributed by atoms with Crippen molar-refractivity contribution in [2.24, 2.45) is 11.8 Å². The van der Waals surface area contributed by atoms with Gasteiger partial charge in [-0.3, -0.25) is 0 Å². The average Bonchev–Trinajstić information content (AvgIpc) is 2.02. The minimum atomic E-state index is 0.632. The van der Waals surface area contributed by atoms with E-state index >= 15 is 0 Å². The van der Waals surface area contributed by atoms with Crippen LogP contribution in [0.4, 0.5) is 0 Å². The van der Waals surface area contributed by atoms with Crippen molar-refractivity contribution in [2.75, 3.05) is 6.54 Å². The number of nitrogens with zero attached hydrogens (tertiary/aromatic N) is 1. The SMILES string of the molecule is CCC(C)/C=C(/C)N(N)CC. The van der Waals surface area contributed by atoms with Crippen LogP contribution in [0.2, 0.25) is 0 Å². The van der Waals surface area contributed by atoms with Crippen molar-refractivity contribution in [1.29, 1.82) is 0 Å². The number of allylic oxidation sites excluding steroid dienone is 2. The summed E-state index contributed by atoms with van der Waals surface area (Å²) < 4.78 is 0. The van der Waals surface area contributed by atoms with E-state index in [0.717, 1.165) is 6.54 Å². The third-order valence-electron chi connectivity index (χ3n) is 1.96. The van der Waals surface area contributed by atoms with Crippen molar-refractivity contribution in [3.8, 4) is 0 Å². The first kappa shape index (κ1) is 10.5. The average molecular weight is 156 g/mol. The van der Waals surface area contributed by atoms with E-state index in [-0.39, 0.29) is 0 Å². The molecule has 66 valence electrons. The highest BCUT2D eigenvalue weighted by Crippen LogP contribution is 2.07. The van der Waals surface area contributed by atoms with E-state index in [2.05, 4.69) is 26.8 Å². The highest BCUT2D eigenvalue weighted by molar-refractivity contribution is 4.97. The van der Waals surface area contributed by atoms with E-state index in [0.29, 0.717) is 5.92 Å². The van der Waals surface area contributed by atoms with Crippen LogP contribution in [-0.2, 0) is 0 Å². The van der Waals surface area contributed by atoms with Crippen LogP contribution >= 0.6 is 0 Å². The van der Waals surface area contributed by atoms with Crippen molar-refractivity contribution in [1.82, 2.24) is 5.01 Å². The van der Waals surface area contributed by atoms with Crippen molar-refractivity contribution in [3.05, 3.63) is 11.8 Å². The van der Waals surface area contributed by atoms with Crippen LogP contribution in [0.25, 0.3) is 0 Å². The molecular weight excluding hydrogens is 136 g/mol. The number of nitrogens with two attached hydrogens (primary N) is 1. The second-order valence-corrected chi connectivity index (χ2v) is 2.98. The van der Waals surface area contributed by atoms with Gasteiger partial charge in [-0.2, -0.15) is 0 Å². The van der Waals surface area contributed by atoms with Gasteiger partial charge in [0.2, 0.25) is 0 Å². The monoisotopic (exact) mass is 156 g/mol. The summed E-state index contributed by atoms with van der Waals surface area (Å²) in [5, 5.41) is 1.77. The van der Waals surface area contributed by atoms with E-state index in [4.69, 9.17) is 5.84 Å². The predicted molar refractivity (Wildman–Crippen MR) is 49.8 cm³/mol. The Morgan fingerprint density at radius 3 is 2.45 bits per heavy atom. The molecule has 0 bridgehead atoms. The van der Waals surface area contributed by atoms with Gasteiger partial charge in [0, 0.05) is 12.2 Å². The predicted octanol–water partition coefficient (Wildman–Crippen LogP) is 2.13. The normalized spacial score (nSPS) is 14.8. The van der Waals surface area contributed by atoms with Crippen LogP contribution in [0.15, 0.2) is 11.8 Å². The Labute approximate surface area is 70.0 Å². The number of hydrazine groups is 1. The lowest BCUT2D eigenvalue weighted by molar-refractivity contribution is 0.375. The van der Waals surface area contributed by atoms with Crippen molar-refractivity contribution >= 4 is 0 Å². The molecule has 0 aliphatic heterocycles. The first-order valence-corrected chi connectivity index (χ1v) is 4.32. The molecule has 0 saturated heterocycles. The summed E-state index contributed by atoms with van der Waals surface area (Å²) in [4.78, 5) is 0. The Morgan fingerprint density at radius 1 is 1.55 bits per heavy atom. The van der Waals surface area contributed by atoms with Gasteiger partial charge in [-0.25, -0.2) is 5.84 Å². The Bertz CT molecular complexity index is 130.